The molecule has 2 aliphatic heterocycles. The molecule has 0 saturated carbocycles. The largest absolute Gasteiger partial charge is 0.417 e. The lowest BCUT2D eigenvalue weighted by Gasteiger charge is -2.31. The molecular formula is C17H19F3N4O2. The lowest BCUT2D eigenvalue weighted by molar-refractivity contribution is -0.137. The van der Waals surface area contributed by atoms with Crippen LogP contribution >= 0.6 is 0 Å². The van der Waals surface area contributed by atoms with Gasteiger partial charge < -0.3 is 14.2 Å². The summed E-state index contributed by atoms with van der Waals surface area (Å²) in [6, 6.07) is 2.50. The van der Waals surface area contributed by atoms with Crippen LogP contribution in [0.15, 0.2) is 22.9 Å². The van der Waals surface area contributed by atoms with Gasteiger partial charge in [-0.05, 0) is 31.4 Å². The summed E-state index contributed by atoms with van der Waals surface area (Å²) in [5, 5.41) is 4.08. The molecule has 0 radical (unpaired) electrons. The number of aromatic nitrogens is 3. The van der Waals surface area contributed by atoms with Gasteiger partial charge in [0.25, 0.3) is 0 Å². The average molecular weight is 368 g/mol. The third-order valence-corrected chi connectivity index (χ3v) is 5.00. The van der Waals surface area contributed by atoms with E-state index in [-0.39, 0.29) is 11.8 Å². The van der Waals surface area contributed by atoms with Crippen molar-refractivity contribution in [1.29, 1.82) is 0 Å². The Kier molecular flexibility index (Phi) is 4.56. The Morgan fingerprint density at radius 2 is 1.88 bits per heavy atom. The van der Waals surface area contributed by atoms with E-state index >= 15 is 0 Å². The van der Waals surface area contributed by atoms with Crippen LogP contribution in [-0.4, -0.2) is 41.4 Å². The third-order valence-electron chi connectivity index (χ3n) is 5.00. The van der Waals surface area contributed by atoms with Crippen molar-refractivity contribution in [3.05, 3.63) is 35.6 Å². The number of pyridine rings is 1. The van der Waals surface area contributed by atoms with Gasteiger partial charge in [-0.25, -0.2) is 4.98 Å². The Hall–Kier alpha value is -2.16. The quantitative estimate of drug-likeness (QED) is 0.828. The highest BCUT2D eigenvalue weighted by molar-refractivity contribution is 5.40. The molecule has 26 heavy (non-hydrogen) atoms. The number of hydrogen-bond donors (Lipinski definition) is 0. The number of piperidine rings is 1. The third kappa shape index (κ3) is 3.53. The summed E-state index contributed by atoms with van der Waals surface area (Å²) in [7, 11) is 0. The molecule has 0 unspecified atom stereocenters. The van der Waals surface area contributed by atoms with E-state index in [9.17, 15) is 13.2 Å². The van der Waals surface area contributed by atoms with Gasteiger partial charge in [0.05, 0.1) is 12.2 Å². The van der Waals surface area contributed by atoms with E-state index in [1.807, 2.05) is 4.90 Å². The molecule has 2 aromatic rings. The molecular weight excluding hydrogens is 349 g/mol. The highest BCUT2D eigenvalue weighted by Gasteiger charge is 2.32. The average Bonchev–Trinajstić information content (AvgIpc) is 3.33. The van der Waals surface area contributed by atoms with Gasteiger partial charge >= 0.3 is 6.18 Å². The van der Waals surface area contributed by atoms with E-state index in [1.54, 1.807) is 0 Å². The van der Waals surface area contributed by atoms with Crippen LogP contribution in [0.25, 0.3) is 0 Å². The lowest BCUT2D eigenvalue weighted by atomic mass is 9.96. The van der Waals surface area contributed by atoms with E-state index < -0.39 is 11.7 Å². The second-order valence-corrected chi connectivity index (χ2v) is 6.72. The SMILES string of the molecule is FC(F)(F)c1ccc(N2CCC(c3nc([C@@H]4CCOC4)no3)CC2)nc1. The van der Waals surface area contributed by atoms with E-state index in [1.165, 1.54) is 6.07 Å². The molecule has 0 N–H and O–H groups in total. The summed E-state index contributed by atoms with van der Waals surface area (Å²) < 4.78 is 48.7. The molecule has 0 amide bonds. The molecule has 9 heteroatoms. The Balaban J connectivity index is 1.36. The van der Waals surface area contributed by atoms with Gasteiger partial charge in [0, 0.05) is 37.7 Å². The maximum Gasteiger partial charge on any atom is 0.417 e. The van der Waals surface area contributed by atoms with E-state index in [0.717, 1.165) is 38.1 Å². The number of ether oxygens (including phenoxy) is 1. The molecule has 6 nitrogen and oxygen atoms in total. The number of alkyl halides is 3. The van der Waals surface area contributed by atoms with Gasteiger partial charge in [0.1, 0.15) is 5.82 Å². The van der Waals surface area contributed by atoms with Gasteiger partial charge in [0.2, 0.25) is 5.89 Å². The van der Waals surface area contributed by atoms with Gasteiger partial charge in [-0.3, -0.25) is 0 Å². The summed E-state index contributed by atoms with van der Waals surface area (Å²) in [5.41, 5.74) is -0.731. The van der Waals surface area contributed by atoms with Crippen LogP contribution in [0.5, 0.6) is 0 Å². The normalized spacial score (nSPS) is 22.1. The Morgan fingerprint density at radius 3 is 2.50 bits per heavy atom. The van der Waals surface area contributed by atoms with Crippen LogP contribution in [-0.2, 0) is 10.9 Å². The topological polar surface area (TPSA) is 64.3 Å². The molecule has 0 aromatic carbocycles. The van der Waals surface area contributed by atoms with Crippen molar-refractivity contribution < 1.29 is 22.4 Å². The summed E-state index contributed by atoms with van der Waals surface area (Å²) in [6.45, 7) is 2.74. The monoisotopic (exact) mass is 368 g/mol. The number of nitrogens with zero attached hydrogens (tertiary/aromatic N) is 4. The Morgan fingerprint density at radius 1 is 1.08 bits per heavy atom. The fourth-order valence-electron chi connectivity index (χ4n) is 3.41. The number of rotatable bonds is 3. The molecule has 0 bridgehead atoms. The molecule has 2 aliphatic rings. The van der Waals surface area contributed by atoms with Crippen molar-refractivity contribution in [2.75, 3.05) is 31.2 Å². The van der Waals surface area contributed by atoms with Crippen molar-refractivity contribution in [3.8, 4) is 0 Å². The van der Waals surface area contributed by atoms with Crippen LogP contribution in [0, 0.1) is 0 Å². The summed E-state index contributed by atoms with van der Waals surface area (Å²) in [4.78, 5) is 10.5. The zero-order chi connectivity index (χ0) is 18.1. The van der Waals surface area contributed by atoms with Crippen LogP contribution in [0.4, 0.5) is 19.0 Å². The molecule has 2 aromatic heterocycles. The molecule has 4 heterocycles. The number of anilines is 1. The van der Waals surface area contributed by atoms with E-state index in [2.05, 4.69) is 15.1 Å². The minimum absolute atomic E-state index is 0.171. The van der Waals surface area contributed by atoms with Gasteiger partial charge in [-0.2, -0.15) is 18.2 Å². The van der Waals surface area contributed by atoms with Gasteiger partial charge in [0.15, 0.2) is 5.82 Å². The molecule has 0 spiro atoms. The maximum absolute atomic E-state index is 12.6. The minimum atomic E-state index is -4.36. The molecule has 0 aliphatic carbocycles. The number of halogens is 3. The number of hydrogen-bond acceptors (Lipinski definition) is 6. The predicted molar refractivity (Wildman–Crippen MR) is 85.9 cm³/mol. The summed E-state index contributed by atoms with van der Waals surface area (Å²) in [6.07, 6.45) is -0.970. The second-order valence-electron chi connectivity index (χ2n) is 6.72. The van der Waals surface area contributed by atoms with E-state index in [0.29, 0.717) is 37.2 Å². The zero-order valence-corrected chi connectivity index (χ0v) is 14.1. The first-order chi connectivity index (χ1) is 12.5. The first-order valence-electron chi connectivity index (χ1n) is 8.70. The first kappa shape index (κ1) is 17.3. The van der Waals surface area contributed by atoms with Gasteiger partial charge in [-0.15, -0.1) is 0 Å². The first-order valence-corrected chi connectivity index (χ1v) is 8.70. The second kappa shape index (κ2) is 6.86. The van der Waals surface area contributed by atoms with E-state index in [4.69, 9.17) is 9.26 Å². The summed E-state index contributed by atoms with van der Waals surface area (Å²) in [5.74, 6) is 2.30. The lowest BCUT2D eigenvalue weighted by Crippen LogP contribution is -2.33. The molecule has 140 valence electrons. The Bertz CT molecular complexity index is 733. The van der Waals surface area contributed by atoms with Crippen molar-refractivity contribution >= 4 is 5.82 Å². The van der Waals surface area contributed by atoms with Crippen molar-refractivity contribution in [2.24, 2.45) is 0 Å². The molecule has 2 saturated heterocycles. The highest BCUT2D eigenvalue weighted by Crippen LogP contribution is 2.32. The van der Waals surface area contributed by atoms with Gasteiger partial charge in [-0.1, -0.05) is 5.16 Å². The van der Waals surface area contributed by atoms with Crippen LogP contribution in [0.3, 0.4) is 0 Å². The molecule has 4 rings (SSSR count). The fourth-order valence-corrected chi connectivity index (χ4v) is 3.41. The zero-order valence-electron chi connectivity index (χ0n) is 14.1. The van der Waals surface area contributed by atoms with Crippen molar-refractivity contribution in [1.82, 2.24) is 15.1 Å². The highest BCUT2D eigenvalue weighted by atomic mass is 19.4. The Labute approximate surface area is 148 Å². The van der Waals surface area contributed by atoms with Crippen LogP contribution in [0.1, 0.15) is 48.4 Å². The van der Waals surface area contributed by atoms with Crippen LogP contribution in [0.2, 0.25) is 0 Å². The maximum atomic E-state index is 12.6. The fraction of sp³-hybridized carbons (Fsp3) is 0.588. The van der Waals surface area contributed by atoms with Crippen molar-refractivity contribution in [3.63, 3.8) is 0 Å². The summed E-state index contributed by atoms with van der Waals surface area (Å²) >= 11 is 0. The molecule has 2 fully saturated rings. The standard InChI is InChI=1S/C17H19F3N4O2/c18-17(19,20)13-1-2-14(21-9-13)24-6-3-11(4-7-24)16-22-15(23-26-16)12-5-8-25-10-12/h1-2,9,11-12H,3-8,10H2/t12-/m1/s1. The smallest absolute Gasteiger partial charge is 0.381 e. The molecule has 1 atom stereocenters. The van der Waals surface area contributed by atoms with Crippen LogP contribution < -0.4 is 4.90 Å². The minimum Gasteiger partial charge on any atom is -0.381 e. The predicted octanol–water partition coefficient (Wildman–Crippen LogP) is 3.37. The van der Waals surface area contributed by atoms with Crippen molar-refractivity contribution in [2.45, 2.75) is 37.3 Å².